The lowest BCUT2D eigenvalue weighted by Gasteiger charge is -2.27. The van der Waals surface area contributed by atoms with E-state index in [9.17, 15) is 18.0 Å². The molecule has 5 aromatic rings. The van der Waals surface area contributed by atoms with Gasteiger partial charge in [0.2, 0.25) is 21.8 Å². The average molecular weight is 582 g/mol. The standard InChI is InChI=1S/C32H27N3O6S/c1-40-25-15-17-26(18-16-25)42(38,39)34(20-19-22-7-3-2-4-8-22)28-21-30(36)35(32(28)37)24-13-11-23(12-14-24)31-33-27-9-5-6-10-29(27)41-31/h2-18,28H,19-21H2,1H3. The van der Waals surface area contributed by atoms with Crippen molar-refractivity contribution in [2.45, 2.75) is 23.8 Å². The molecular weight excluding hydrogens is 554 g/mol. The molecule has 2 heterocycles. The Morgan fingerprint density at radius 3 is 2.29 bits per heavy atom. The van der Waals surface area contributed by atoms with E-state index in [1.54, 1.807) is 36.4 Å². The van der Waals surface area contributed by atoms with Crippen molar-refractivity contribution in [3.63, 3.8) is 0 Å². The van der Waals surface area contributed by atoms with Crippen molar-refractivity contribution in [1.82, 2.24) is 9.29 Å². The molecule has 1 saturated heterocycles. The molecule has 0 N–H and O–H groups in total. The number of nitrogens with zero attached hydrogens (tertiary/aromatic N) is 3. The lowest BCUT2D eigenvalue weighted by molar-refractivity contribution is -0.122. The number of oxazole rings is 1. The van der Waals surface area contributed by atoms with Crippen LogP contribution >= 0.6 is 0 Å². The molecule has 6 rings (SSSR count). The molecule has 1 fully saturated rings. The van der Waals surface area contributed by atoms with Crippen LogP contribution in [0.15, 0.2) is 112 Å². The number of carbonyl (C=O) groups excluding carboxylic acids is 2. The van der Waals surface area contributed by atoms with Gasteiger partial charge in [-0.3, -0.25) is 9.59 Å². The lowest BCUT2D eigenvalue weighted by Crippen LogP contribution is -2.46. The predicted octanol–water partition coefficient (Wildman–Crippen LogP) is 5.07. The fourth-order valence-electron chi connectivity index (χ4n) is 5.07. The van der Waals surface area contributed by atoms with Crippen molar-refractivity contribution in [1.29, 1.82) is 0 Å². The van der Waals surface area contributed by atoms with Gasteiger partial charge in [-0.1, -0.05) is 42.5 Å². The van der Waals surface area contributed by atoms with E-state index in [0.29, 0.717) is 34.9 Å². The van der Waals surface area contributed by atoms with Crippen LogP contribution in [0.5, 0.6) is 5.75 Å². The van der Waals surface area contributed by atoms with Gasteiger partial charge in [0.25, 0.3) is 5.91 Å². The van der Waals surface area contributed by atoms with Crippen LogP contribution in [0.3, 0.4) is 0 Å². The maximum Gasteiger partial charge on any atom is 0.252 e. The molecule has 4 aromatic carbocycles. The van der Waals surface area contributed by atoms with E-state index in [2.05, 4.69) is 4.98 Å². The third kappa shape index (κ3) is 5.17. The van der Waals surface area contributed by atoms with E-state index in [1.807, 2.05) is 54.6 Å². The van der Waals surface area contributed by atoms with Crippen LogP contribution in [-0.2, 0) is 26.0 Å². The van der Waals surface area contributed by atoms with Crippen LogP contribution in [-0.4, -0.2) is 49.2 Å². The topological polar surface area (TPSA) is 110 Å². The minimum absolute atomic E-state index is 0.0118. The van der Waals surface area contributed by atoms with E-state index >= 15 is 0 Å². The fraction of sp³-hybridized carbons (Fsp3) is 0.156. The number of sulfonamides is 1. The van der Waals surface area contributed by atoms with Crippen molar-refractivity contribution in [2.75, 3.05) is 18.6 Å². The van der Waals surface area contributed by atoms with Crippen LogP contribution in [0.2, 0.25) is 0 Å². The monoisotopic (exact) mass is 581 g/mol. The molecule has 0 radical (unpaired) electrons. The van der Waals surface area contributed by atoms with Crippen molar-refractivity contribution >= 4 is 38.6 Å². The Balaban J connectivity index is 1.29. The zero-order valence-corrected chi connectivity index (χ0v) is 23.5. The summed E-state index contributed by atoms with van der Waals surface area (Å²) in [6.07, 6.45) is 0.100. The molecule has 10 heteroatoms. The van der Waals surface area contributed by atoms with Gasteiger partial charge < -0.3 is 9.15 Å². The third-order valence-electron chi connectivity index (χ3n) is 7.27. The summed E-state index contributed by atoms with van der Waals surface area (Å²) in [5, 5.41) is 0. The van der Waals surface area contributed by atoms with Crippen molar-refractivity contribution in [3.05, 3.63) is 109 Å². The molecule has 0 spiro atoms. The highest BCUT2D eigenvalue weighted by Gasteiger charge is 2.46. The Bertz CT molecular complexity index is 1820. The molecule has 2 amide bonds. The maximum atomic E-state index is 13.9. The summed E-state index contributed by atoms with van der Waals surface area (Å²) < 4.78 is 39.9. The van der Waals surface area contributed by atoms with Gasteiger partial charge in [-0.2, -0.15) is 4.31 Å². The summed E-state index contributed by atoms with van der Waals surface area (Å²) in [5.41, 5.74) is 3.31. The van der Waals surface area contributed by atoms with E-state index in [4.69, 9.17) is 9.15 Å². The van der Waals surface area contributed by atoms with Gasteiger partial charge in [-0.15, -0.1) is 0 Å². The van der Waals surface area contributed by atoms with Gasteiger partial charge in [0.05, 0.1) is 24.1 Å². The second kappa shape index (κ2) is 11.2. The number of methoxy groups -OCH3 is 1. The van der Waals surface area contributed by atoms with Crippen molar-refractivity contribution in [3.8, 4) is 17.2 Å². The quantitative estimate of drug-likeness (QED) is 0.224. The number of rotatable bonds is 9. The summed E-state index contributed by atoms with van der Waals surface area (Å²) in [5.74, 6) is -0.157. The number of benzene rings is 4. The largest absolute Gasteiger partial charge is 0.497 e. The zero-order chi connectivity index (χ0) is 29.3. The first-order chi connectivity index (χ1) is 20.3. The molecule has 0 aliphatic carbocycles. The number of anilines is 1. The van der Waals surface area contributed by atoms with E-state index in [1.165, 1.54) is 19.2 Å². The number of amides is 2. The number of hydrogen-bond donors (Lipinski definition) is 0. The third-order valence-corrected chi connectivity index (χ3v) is 9.19. The lowest BCUT2D eigenvalue weighted by atomic mass is 10.1. The van der Waals surface area contributed by atoms with Gasteiger partial charge >= 0.3 is 0 Å². The molecule has 212 valence electrons. The van der Waals surface area contributed by atoms with Crippen molar-refractivity contribution in [2.24, 2.45) is 0 Å². The van der Waals surface area contributed by atoms with Gasteiger partial charge in [0.1, 0.15) is 17.3 Å². The molecule has 1 aliphatic heterocycles. The molecular formula is C32H27N3O6S. The zero-order valence-electron chi connectivity index (χ0n) is 22.7. The van der Waals surface area contributed by atoms with E-state index in [0.717, 1.165) is 20.3 Å². The summed E-state index contributed by atoms with van der Waals surface area (Å²) in [7, 11) is -2.65. The van der Waals surface area contributed by atoms with E-state index in [-0.39, 0.29) is 17.9 Å². The first kappa shape index (κ1) is 27.4. The second-order valence-electron chi connectivity index (χ2n) is 9.85. The Labute approximate surface area is 243 Å². The molecule has 1 atom stereocenters. The normalized spacial score (nSPS) is 15.6. The molecule has 1 aliphatic rings. The Morgan fingerprint density at radius 2 is 1.60 bits per heavy atom. The van der Waals surface area contributed by atoms with Crippen LogP contribution in [0, 0.1) is 0 Å². The van der Waals surface area contributed by atoms with Crippen molar-refractivity contribution < 1.29 is 27.2 Å². The first-order valence-corrected chi connectivity index (χ1v) is 14.8. The number of para-hydroxylation sites is 2. The fourth-order valence-corrected chi connectivity index (χ4v) is 6.65. The Kier molecular flexibility index (Phi) is 7.32. The molecule has 42 heavy (non-hydrogen) atoms. The van der Waals surface area contributed by atoms with Crippen LogP contribution in [0.1, 0.15) is 12.0 Å². The highest BCUT2D eigenvalue weighted by atomic mass is 32.2. The van der Waals surface area contributed by atoms with E-state index < -0.39 is 27.9 Å². The molecule has 0 bridgehead atoms. The number of fused-ring (bicyclic) bond motifs is 1. The number of ether oxygens (including phenoxy) is 1. The minimum Gasteiger partial charge on any atom is -0.497 e. The van der Waals surface area contributed by atoms with Gasteiger partial charge in [-0.25, -0.2) is 18.3 Å². The average Bonchev–Trinajstić information content (AvgIpc) is 3.58. The SMILES string of the molecule is COc1ccc(S(=O)(=O)N(CCc2ccccc2)C2CC(=O)N(c3ccc(-c4nc5ccccc5o4)cc3)C2=O)cc1. The highest BCUT2D eigenvalue weighted by Crippen LogP contribution is 2.32. The predicted molar refractivity (Wildman–Crippen MR) is 157 cm³/mol. The maximum absolute atomic E-state index is 13.9. The highest BCUT2D eigenvalue weighted by molar-refractivity contribution is 7.89. The Morgan fingerprint density at radius 1 is 0.905 bits per heavy atom. The van der Waals surface area contributed by atoms with Crippen LogP contribution < -0.4 is 9.64 Å². The smallest absolute Gasteiger partial charge is 0.252 e. The summed E-state index contributed by atoms with van der Waals surface area (Å²) in [4.78, 5) is 32.6. The van der Waals surface area contributed by atoms with Gasteiger partial charge in [0, 0.05) is 12.1 Å². The number of hydrogen-bond acceptors (Lipinski definition) is 7. The van der Waals surface area contributed by atoms with Gasteiger partial charge in [0.15, 0.2) is 5.58 Å². The Hall–Kier alpha value is -4.80. The molecule has 0 saturated carbocycles. The van der Waals surface area contributed by atoms with Crippen LogP contribution in [0.4, 0.5) is 5.69 Å². The second-order valence-corrected chi connectivity index (χ2v) is 11.7. The molecule has 1 aromatic heterocycles. The molecule has 1 unspecified atom stereocenters. The number of imide groups is 1. The number of carbonyl (C=O) groups is 2. The number of aromatic nitrogens is 1. The van der Waals surface area contributed by atoms with Gasteiger partial charge in [-0.05, 0) is 72.6 Å². The summed E-state index contributed by atoms with van der Waals surface area (Å²) in [6, 6.07) is 28.3. The summed E-state index contributed by atoms with van der Waals surface area (Å²) in [6.45, 7) is 0.0204. The van der Waals surface area contributed by atoms with Crippen LogP contribution in [0.25, 0.3) is 22.6 Å². The summed E-state index contributed by atoms with van der Waals surface area (Å²) >= 11 is 0. The minimum atomic E-state index is -4.14. The first-order valence-electron chi connectivity index (χ1n) is 13.4. The molecule has 9 nitrogen and oxygen atoms in total.